The Hall–Kier alpha value is -3.94. The Morgan fingerprint density at radius 2 is 1.09 bits per heavy atom. The van der Waals surface area contributed by atoms with Gasteiger partial charge in [0.05, 0.1) is 38.9 Å². The molecule has 0 N–H and O–H groups in total. The van der Waals surface area contributed by atoms with E-state index in [9.17, 15) is 0 Å². The van der Waals surface area contributed by atoms with E-state index in [0.29, 0.717) is 0 Å². The van der Waals surface area contributed by atoms with E-state index < -0.39 is 0 Å². The molecule has 0 amide bonds. The highest BCUT2D eigenvalue weighted by Crippen LogP contribution is 2.36. The molecule has 6 rings (SSSR count). The zero-order valence-corrected chi connectivity index (χ0v) is 27.0. The summed E-state index contributed by atoms with van der Waals surface area (Å²) in [6, 6.07) is 19.6. The number of ether oxygens (including phenoxy) is 2. The first-order valence-electron chi connectivity index (χ1n) is 16.7. The molecule has 0 bridgehead atoms. The van der Waals surface area contributed by atoms with Gasteiger partial charge in [-0.15, -0.1) is 0 Å². The summed E-state index contributed by atoms with van der Waals surface area (Å²) >= 11 is 0. The van der Waals surface area contributed by atoms with Crippen molar-refractivity contribution >= 4 is 30.3 Å². The Bertz CT molecular complexity index is 1470. The van der Waals surface area contributed by atoms with E-state index in [-0.39, 0.29) is 0 Å². The van der Waals surface area contributed by atoms with Gasteiger partial charge in [-0.3, -0.25) is 0 Å². The van der Waals surface area contributed by atoms with E-state index in [1.165, 1.54) is 50.5 Å². The molecule has 2 fully saturated rings. The Morgan fingerprint density at radius 3 is 1.56 bits per heavy atom. The molecule has 236 valence electrons. The molecular formula is C38H47N5O2. The maximum absolute atomic E-state index is 5.70. The number of rotatable bonds is 10. The van der Waals surface area contributed by atoms with Crippen molar-refractivity contribution in [3.8, 4) is 0 Å². The predicted molar refractivity (Wildman–Crippen MR) is 187 cm³/mol. The average molecular weight is 606 g/mol. The van der Waals surface area contributed by atoms with E-state index in [2.05, 4.69) is 105 Å². The Morgan fingerprint density at radius 1 is 0.622 bits per heavy atom. The van der Waals surface area contributed by atoms with Gasteiger partial charge in [-0.25, -0.2) is 0 Å². The van der Waals surface area contributed by atoms with Gasteiger partial charge in [0.25, 0.3) is 0 Å². The Balaban J connectivity index is 1.25. The highest BCUT2D eigenvalue weighted by molar-refractivity contribution is 5.86. The Labute approximate surface area is 268 Å². The van der Waals surface area contributed by atoms with Crippen LogP contribution in [-0.4, -0.2) is 87.9 Å². The molecule has 45 heavy (non-hydrogen) atoms. The second-order valence-corrected chi connectivity index (χ2v) is 11.9. The van der Waals surface area contributed by atoms with Gasteiger partial charge in [0.15, 0.2) is 0 Å². The summed E-state index contributed by atoms with van der Waals surface area (Å²) in [7, 11) is 0. The molecule has 0 radical (unpaired) electrons. The van der Waals surface area contributed by atoms with Gasteiger partial charge in [-0.2, -0.15) is 10.2 Å². The van der Waals surface area contributed by atoms with Crippen molar-refractivity contribution in [2.75, 3.05) is 70.6 Å². The van der Waals surface area contributed by atoms with Gasteiger partial charge < -0.3 is 24.2 Å². The number of allylic oxidation sites excluding steroid dienone is 4. The van der Waals surface area contributed by atoms with Crippen LogP contribution in [0.2, 0.25) is 0 Å². The smallest absolute Gasteiger partial charge is 0.0642 e. The number of nitrogens with zero attached hydrogens (tertiary/aromatic N) is 5. The number of hydrogen-bond donors (Lipinski definition) is 0. The van der Waals surface area contributed by atoms with E-state index in [4.69, 9.17) is 9.47 Å². The minimum absolute atomic E-state index is 0.759. The maximum Gasteiger partial charge on any atom is 0.0642 e. The minimum atomic E-state index is 0.759. The molecule has 7 heteroatoms. The largest absolute Gasteiger partial charge is 0.378 e. The zero-order valence-electron chi connectivity index (χ0n) is 27.0. The van der Waals surface area contributed by atoms with Gasteiger partial charge in [0.1, 0.15) is 0 Å². The van der Waals surface area contributed by atoms with Crippen molar-refractivity contribution in [1.29, 1.82) is 0 Å². The van der Waals surface area contributed by atoms with E-state index >= 15 is 0 Å². The third kappa shape index (κ3) is 7.66. The van der Waals surface area contributed by atoms with Gasteiger partial charge in [0, 0.05) is 56.4 Å². The van der Waals surface area contributed by atoms with Gasteiger partial charge in [-0.05, 0) is 97.2 Å². The first-order chi connectivity index (χ1) is 22.2. The number of anilines is 1. The van der Waals surface area contributed by atoms with Crippen molar-refractivity contribution in [2.45, 2.75) is 39.5 Å². The third-order valence-electron chi connectivity index (χ3n) is 9.20. The number of morpholine rings is 2. The molecule has 2 saturated heterocycles. The van der Waals surface area contributed by atoms with Crippen LogP contribution in [0.15, 0.2) is 98.5 Å². The van der Waals surface area contributed by atoms with Crippen LogP contribution < -0.4 is 4.90 Å². The predicted octanol–water partition coefficient (Wildman–Crippen LogP) is 6.82. The number of hydrogen-bond acceptors (Lipinski definition) is 7. The number of benzene rings is 2. The van der Waals surface area contributed by atoms with Crippen LogP contribution in [0, 0.1) is 0 Å². The van der Waals surface area contributed by atoms with E-state index in [0.717, 1.165) is 91.4 Å². The van der Waals surface area contributed by atoms with Crippen LogP contribution >= 0.6 is 0 Å². The molecule has 0 aromatic heterocycles. The molecule has 0 atom stereocenters. The summed E-state index contributed by atoms with van der Waals surface area (Å²) in [5.74, 6) is 0. The highest BCUT2D eigenvalue weighted by atomic mass is 16.5. The molecule has 2 aromatic rings. The summed E-state index contributed by atoms with van der Waals surface area (Å²) in [6.07, 6.45) is 12.7. The fourth-order valence-electron chi connectivity index (χ4n) is 6.87. The Kier molecular flexibility index (Phi) is 10.6. The molecule has 2 aliphatic heterocycles. The van der Waals surface area contributed by atoms with Crippen LogP contribution in [0.3, 0.4) is 0 Å². The molecule has 4 aliphatic rings. The lowest BCUT2D eigenvalue weighted by Gasteiger charge is -2.31. The molecule has 2 heterocycles. The lowest BCUT2D eigenvalue weighted by Crippen LogP contribution is -2.36. The third-order valence-corrected chi connectivity index (χ3v) is 9.20. The summed E-state index contributed by atoms with van der Waals surface area (Å²) in [4.78, 5) is 7.33. The minimum Gasteiger partial charge on any atom is -0.378 e. The fraction of sp³-hybridized carbons (Fsp3) is 0.421. The summed E-state index contributed by atoms with van der Waals surface area (Å²) < 4.78 is 11.4. The van der Waals surface area contributed by atoms with Crippen molar-refractivity contribution in [3.63, 3.8) is 0 Å². The SMILES string of the molecule is CCN(CC)c1ccc(/C=C2/CCC(C=N/N=C/C3=C(N4CCOCC4)C(=C/c4ccccc4)/CC3)=C2N2CCOCC2)cc1. The van der Waals surface area contributed by atoms with Crippen LogP contribution in [0.5, 0.6) is 0 Å². The molecule has 2 aromatic carbocycles. The van der Waals surface area contributed by atoms with Crippen molar-refractivity contribution in [1.82, 2.24) is 9.80 Å². The van der Waals surface area contributed by atoms with Gasteiger partial charge in [0.2, 0.25) is 0 Å². The molecular weight excluding hydrogens is 558 g/mol. The van der Waals surface area contributed by atoms with E-state index in [1.54, 1.807) is 0 Å². The first kappa shape index (κ1) is 31.1. The molecule has 0 saturated carbocycles. The van der Waals surface area contributed by atoms with Crippen LogP contribution in [0.25, 0.3) is 12.2 Å². The highest BCUT2D eigenvalue weighted by Gasteiger charge is 2.27. The van der Waals surface area contributed by atoms with Crippen LogP contribution in [0.1, 0.15) is 50.7 Å². The van der Waals surface area contributed by atoms with Crippen LogP contribution in [-0.2, 0) is 9.47 Å². The second-order valence-electron chi connectivity index (χ2n) is 11.9. The second kappa shape index (κ2) is 15.4. The first-order valence-corrected chi connectivity index (χ1v) is 16.7. The van der Waals surface area contributed by atoms with Crippen LogP contribution in [0.4, 0.5) is 5.69 Å². The summed E-state index contributed by atoms with van der Waals surface area (Å²) in [5, 5.41) is 9.28. The van der Waals surface area contributed by atoms with Crippen molar-refractivity contribution in [2.24, 2.45) is 10.2 Å². The van der Waals surface area contributed by atoms with Gasteiger partial charge >= 0.3 is 0 Å². The lowest BCUT2D eigenvalue weighted by molar-refractivity contribution is 0.0548. The van der Waals surface area contributed by atoms with Crippen molar-refractivity contribution < 1.29 is 9.47 Å². The topological polar surface area (TPSA) is 52.9 Å². The normalized spacial score (nSPS) is 21.5. The summed E-state index contributed by atoms with van der Waals surface area (Å²) in [5.41, 5.74) is 11.7. The molecule has 0 spiro atoms. The standard InChI is InChI=1S/C38H47N5O2/c1-3-41(4-2)36-16-10-31(11-17-36)27-33-13-15-35(38(33)43-20-24-45-25-21-43)29-40-39-28-34-14-12-32(26-30-8-6-5-7-9-30)37(34)42-18-22-44-23-19-42/h5-11,16-17,26-29H,3-4,12-15,18-25H2,1-2H3/b32-26+,33-27-,39-28+,40-29?. The quantitative estimate of drug-likeness (QED) is 0.220. The molecule has 2 aliphatic carbocycles. The maximum atomic E-state index is 5.70. The molecule has 7 nitrogen and oxygen atoms in total. The monoisotopic (exact) mass is 605 g/mol. The summed E-state index contributed by atoms with van der Waals surface area (Å²) in [6.45, 7) is 13.1. The zero-order chi connectivity index (χ0) is 30.8. The lowest BCUT2D eigenvalue weighted by atomic mass is 10.1. The van der Waals surface area contributed by atoms with Crippen molar-refractivity contribution in [3.05, 3.63) is 99.4 Å². The average Bonchev–Trinajstić information content (AvgIpc) is 3.69. The van der Waals surface area contributed by atoms with E-state index in [1.807, 2.05) is 12.4 Å². The molecule has 0 unspecified atom stereocenters. The van der Waals surface area contributed by atoms with Gasteiger partial charge in [-0.1, -0.05) is 42.5 Å². The fourth-order valence-corrected chi connectivity index (χ4v) is 6.87.